The van der Waals surface area contributed by atoms with E-state index in [4.69, 9.17) is 15.2 Å². The Morgan fingerprint density at radius 1 is 1.03 bits per heavy atom. The highest BCUT2D eigenvalue weighted by molar-refractivity contribution is 5.98. The van der Waals surface area contributed by atoms with Gasteiger partial charge in [-0.05, 0) is 81.1 Å². The van der Waals surface area contributed by atoms with Gasteiger partial charge in [0.2, 0.25) is 11.8 Å². The minimum absolute atomic E-state index is 0.0235. The number of ether oxygens (including phenoxy) is 2. The van der Waals surface area contributed by atoms with Crippen LogP contribution in [-0.4, -0.2) is 43.5 Å². The normalized spacial score (nSPS) is 32.7. The van der Waals surface area contributed by atoms with Gasteiger partial charge in [0.1, 0.15) is 5.75 Å². The molecule has 0 saturated heterocycles. The van der Waals surface area contributed by atoms with Crippen molar-refractivity contribution in [2.24, 2.45) is 34.3 Å². The maximum atomic E-state index is 15.0. The lowest BCUT2D eigenvalue weighted by Gasteiger charge is -2.39. The van der Waals surface area contributed by atoms with Crippen LogP contribution in [0.15, 0.2) is 12.1 Å². The first-order valence-corrected chi connectivity index (χ1v) is 14.4. The number of carbonyl (C=O) groups is 3. The number of nitrogens with two attached hydrogens (primary N) is 1. The third-order valence-corrected chi connectivity index (χ3v) is 10.2. The van der Waals surface area contributed by atoms with Crippen LogP contribution in [0.2, 0.25) is 0 Å². The van der Waals surface area contributed by atoms with E-state index in [1.165, 1.54) is 25.7 Å². The zero-order chi connectivity index (χ0) is 27.9. The van der Waals surface area contributed by atoms with Gasteiger partial charge < -0.3 is 25.8 Å². The highest BCUT2D eigenvalue weighted by Gasteiger charge is 2.51. The summed E-state index contributed by atoms with van der Waals surface area (Å²) in [4.78, 5) is 38.6. The van der Waals surface area contributed by atoms with Crippen molar-refractivity contribution in [3.8, 4) is 11.5 Å². The van der Waals surface area contributed by atoms with E-state index >= 15 is 0 Å². The molecule has 214 valence electrons. The molecule has 0 unspecified atom stereocenters. The van der Waals surface area contributed by atoms with Crippen LogP contribution >= 0.6 is 0 Å². The van der Waals surface area contributed by atoms with Crippen LogP contribution in [0, 0.1) is 34.4 Å². The number of benzene rings is 1. The molecule has 1 aromatic carbocycles. The van der Waals surface area contributed by atoms with Gasteiger partial charge in [-0.1, -0.05) is 20.3 Å². The molecule has 4 atom stereocenters. The van der Waals surface area contributed by atoms with Gasteiger partial charge in [0.05, 0.1) is 24.7 Å². The molecule has 4 fully saturated rings. The van der Waals surface area contributed by atoms with Crippen molar-refractivity contribution in [1.82, 2.24) is 10.6 Å². The van der Waals surface area contributed by atoms with Gasteiger partial charge >= 0.3 is 0 Å². The van der Waals surface area contributed by atoms with Crippen LogP contribution < -0.4 is 25.8 Å². The number of hydrogen-bond acceptors (Lipinski definition) is 5. The summed E-state index contributed by atoms with van der Waals surface area (Å²) in [5, 5.41) is 6.30. The van der Waals surface area contributed by atoms with Gasteiger partial charge in [-0.3, -0.25) is 14.4 Å². The second-order valence-electron chi connectivity index (χ2n) is 13.0. The van der Waals surface area contributed by atoms with Gasteiger partial charge in [0.15, 0.2) is 11.6 Å². The number of fused-ring (bicyclic) bond motifs is 2. The van der Waals surface area contributed by atoms with Crippen molar-refractivity contribution in [3.05, 3.63) is 23.5 Å². The van der Waals surface area contributed by atoms with Crippen LogP contribution in [-0.2, 0) is 9.59 Å². The Hall–Kier alpha value is -2.84. The van der Waals surface area contributed by atoms with Crippen LogP contribution in [0.4, 0.5) is 4.39 Å². The third-order valence-electron chi connectivity index (χ3n) is 10.2. The fourth-order valence-electron chi connectivity index (χ4n) is 7.22. The van der Waals surface area contributed by atoms with E-state index < -0.39 is 17.1 Å². The van der Waals surface area contributed by atoms with Crippen molar-refractivity contribution in [1.29, 1.82) is 0 Å². The predicted octanol–water partition coefficient (Wildman–Crippen LogP) is 4.10. The number of carbonyl (C=O) groups excluding carboxylic acids is 3. The summed E-state index contributed by atoms with van der Waals surface area (Å²) in [5.74, 6) is -0.985. The van der Waals surface area contributed by atoms with E-state index in [2.05, 4.69) is 17.6 Å². The van der Waals surface area contributed by atoms with Crippen molar-refractivity contribution < 1.29 is 28.2 Å². The highest BCUT2D eigenvalue weighted by Crippen LogP contribution is 2.49. The molecule has 0 heterocycles. The largest absolute Gasteiger partial charge is 0.496 e. The first-order chi connectivity index (χ1) is 18.5. The van der Waals surface area contributed by atoms with Crippen molar-refractivity contribution in [2.75, 3.05) is 13.7 Å². The molecular weight excluding hydrogens is 501 g/mol. The first-order valence-electron chi connectivity index (χ1n) is 14.4. The number of nitrogens with one attached hydrogen (secondary N) is 2. The summed E-state index contributed by atoms with van der Waals surface area (Å²) in [5.41, 5.74) is 5.33. The summed E-state index contributed by atoms with van der Waals surface area (Å²) in [6, 6.07) is 2.30. The minimum Gasteiger partial charge on any atom is -0.496 e. The Labute approximate surface area is 229 Å². The van der Waals surface area contributed by atoms with E-state index in [0.29, 0.717) is 32.2 Å². The molecule has 39 heavy (non-hydrogen) atoms. The molecule has 8 nitrogen and oxygen atoms in total. The summed E-state index contributed by atoms with van der Waals surface area (Å²) in [6.07, 6.45) is 8.34. The molecule has 5 rings (SSSR count). The Bertz CT molecular complexity index is 1130. The van der Waals surface area contributed by atoms with Crippen molar-refractivity contribution in [2.45, 2.75) is 90.2 Å². The third kappa shape index (κ3) is 5.46. The van der Waals surface area contributed by atoms with E-state index in [9.17, 15) is 18.8 Å². The maximum absolute atomic E-state index is 15.0. The molecule has 0 spiro atoms. The van der Waals surface area contributed by atoms with Gasteiger partial charge in [0, 0.05) is 24.1 Å². The summed E-state index contributed by atoms with van der Waals surface area (Å²) in [6.45, 7) is 4.73. The Balaban J connectivity index is 1.28. The summed E-state index contributed by atoms with van der Waals surface area (Å²) in [7, 11) is 1.40. The average Bonchev–Trinajstić information content (AvgIpc) is 3.50. The van der Waals surface area contributed by atoms with Crippen LogP contribution in [0.25, 0.3) is 0 Å². The fourth-order valence-corrected chi connectivity index (χ4v) is 7.22. The number of halogens is 1. The SMILES string of the molecule is COc1cc(F)c(OC2CCC(C)(C(N)=O)CC2)cc1C(=O)N[C@@H]1[C@H]2CC[C@H](C2)[C@@H]1C(=O)NCC1(C)CCC1. The number of methoxy groups -OCH3 is 1. The lowest BCUT2D eigenvalue weighted by atomic mass is 9.70. The molecule has 0 aromatic heterocycles. The molecule has 0 radical (unpaired) electrons. The molecular formula is C30H42FN3O5. The molecule has 9 heteroatoms. The number of primary amides is 1. The van der Waals surface area contributed by atoms with E-state index in [1.807, 2.05) is 6.92 Å². The summed E-state index contributed by atoms with van der Waals surface area (Å²) < 4.78 is 26.3. The monoisotopic (exact) mass is 543 g/mol. The van der Waals surface area contributed by atoms with Crippen LogP contribution in [0.1, 0.15) is 88.4 Å². The Kier molecular flexibility index (Phi) is 7.55. The fraction of sp³-hybridized carbons (Fsp3) is 0.700. The molecule has 4 aliphatic carbocycles. The predicted molar refractivity (Wildman–Crippen MR) is 144 cm³/mol. The molecule has 3 amide bonds. The lowest BCUT2D eigenvalue weighted by molar-refractivity contribution is -0.129. The van der Waals surface area contributed by atoms with Crippen LogP contribution in [0.3, 0.4) is 0 Å². The van der Waals surface area contributed by atoms with Gasteiger partial charge in [-0.15, -0.1) is 0 Å². The molecule has 2 bridgehead atoms. The smallest absolute Gasteiger partial charge is 0.255 e. The van der Waals surface area contributed by atoms with E-state index in [1.54, 1.807) is 0 Å². The van der Waals surface area contributed by atoms with Crippen LogP contribution in [0.5, 0.6) is 11.5 Å². The topological polar surface area (TPSA) is 120 Å². The Morgan fingerprint density at radius 2 is 1.72 bits per heavy atom. The zero-order valence-corrected chi connectivity index (χ0v) is 23.3. The standard InChI is InChI=1S/C30H42FN3O5/c1-29(9-4-10-29)16-33-27(36)24-17-5-6-18(13-17)25(24)34-26(35)20-14-23(21(31)15-22(20)38-3)39-19-7-11-30(2,12-8-19)28(32)37/h14-15,17-19,24-25H,4-13,16H2,1-3H3,(H2,32,37)(H,33,36)(H,34,35)/t17-,18+,19?,24+,25-,30?/m1/s1. The van der Waals surface area contributed by atoms with Gasteiger partial charge in [-0.25, -0.2) is 4.39 Å². The quantitative estimate of drug-likeness (QED) is 0.433. The number of hydrogen-bond donors (Lipinski definition) is 3. The molecule has 4 saturated carbocycles. The second-order valence-corrected chi connectivity index (χ2v) is 13.0. The van der Waals surface area contributed by atoms with Gasteiger partial charge in [-0.2, -0.15) is 0 Å². The molecule has 0 aliphatic heterocycles. The highest BCUT2D eigenvalue weighted by atomic mass is 19.1. The average molecular weight is 544 g/mol. The Morgan fingerprint density at radius 3 is 2.33 bits per heavy atom. The summed E-state index contributed by atoms with van der Waals surface area (Å²) >= 11 is 0. The first kappa shape index (κ1) is 27.7. The second kappa shape index (κ2) is 10.6. The van der Waals surface area contributed by atoms with E-state index in [-0.39, 0.29) is 64.2 Å². The van der Waals surface area contributed by atoms with Crippen molar-refractivity contribution >= 4 is 17.7 Å². The number of amides is 3. The molecule has 4 N–H and O–H groups in total. The number of rotatable bonds is 9. The lowest BCUT2D eigenvalue weighted by Crippen LogP contribution is -2.51. The molecule has 1 aromatic rings. The van der Waals surface area contributed by atoms with Gasteiger partial charge in [0.25, 0.3) is 5.91 Å². The van der Waals surface area contributed by atoms with Crippen molar-refractivity contribution in [3.63, 3.8) is 0 Å². The minimum atomic E-state index is -0.617. The molecule has 4 aliphatic rings. The van der Waals surface area contributed by atoms with E-state index in [0.717, 1.165) is 32.1 Å². The zero-order valence-electron chi connectivity index (χ0n) is 23.3. The maximum Gasteiger partial charge on any atom is 0.255 e.